The van der Waals surface area contributed by atoms with Gasteiger partial charge in [0.15, 0.2) is 11.5 Å². The number of benzene rings is 1. The van der Waals surface area contributed by atoms with Crippen LogP contribution >= 0.6 is 0 Å². The Morgan fingerprint density at radius 2 is 1.76 bits per heavy atom. The first-order valence-corrected chi connectivity index (χ1v) is 7.43. The number of ketones is 1. The summed E-state index contributed by atoms with van der Waals surface area (Å²) in [7, 11) is 1.33. The molecule has 0 aliphatic rings. The van der Waals surface area contributed by atoms with E-state index in [1.54, 1.807) is 0 Å². The van der Waals surface area contributed by atoms with E-state index in [1.807, 2.05) is 13.8 Å². The average Bonchev–Trinajstić information content (AvgIpc) is 2.60. The minimum Gasteiger partial charge on any atom is -0.505 e. The van der Waals surface area contributed by atoms with E-state index in [0.29, 0.717) is 5.56 Å². The Morgan fingerprint density at radius 3 is 2.28 bits per heavy atom. The number of alkyl halides is 3. The van der Waals surface area contributed by atoms with E-state index in [2.05, 4.69) is 4.98 Å². The topological polar surface area (TPSA) is 59.4 Å². The second-order valence-electron chi connectivity index (χ2n) is 4.55. The highest BCUT2D eigenvalue weighted by Gasteiger charge is 2.29. The van der Waals surface area contributed by atoms with Crippen molar-refractivity contribution in [2.24, 2.45) is 0 Å². The van der Waals surface area contributed by atoms with E-state index >= 15 is 0 Å². The monoisotopic (exact) mass is 353 g/mol. The van der Waals surface area contributed by atoms with Gasteiger partial charge in [0, 0.05) is 0 Å². The average molecular weight is 353 g/mol. The van der Waals surface area contributed by atoms with Gasteiger partial charge in [0.2, 0.25) is 0 Å². The smallest absolute Gasteiger partial charge is 0.416 e. The van der Waals surface area contributed by atoms with Crippen LogP contribution in [0.4, 0.5) is 13.2 Å². The summed E-state index contributed by atoms with van der Waals surface area (Å²) in [6.45, 7) is 4.00. The maximum absolute atomic E-state index is 12.5. The molecule has 0 radical (unpaired) electrons. The Balaban J connectivity index is 0.00000151. The molecule has 1 aromatic carbocycles. The lowest BCUT2D eigenvalue weighted by Crippen LogP contribution is -2.04. The van der Waals surface area contributed by atoms with Gasteiger partial charge in [0.1, 0.15) is 11.3 Å². The summed E-state index contributed by atoms with van der Waals surface area (Å²) in [6.07, 6.45) is 0.455. The molecule has 0 atom stereocenters. The van der Waals surface area contributed by atoms with E-state index in [0.717, 1.165) is 24.4 Å². The molecule has 0 unspecified atom stereocenters. The van der Waals surface area contributed by atoms with E-state index in [-0.39, 0.29) is 17.1 Å². The number of rotatable bonds is 4. The van der Waals surface area contributed by atoms with Crippen LogP contribution in [0.1, 0.15) is 35.3 Å². The number of methoxy groups -OCH3 is 1. The fraction of sp³-hybridized carbons (Fsp3) is 0.222. The van der Waals surface area contributed by atoms with Crippen LogP contribution < -0.4 is 4.74 Å². The SMILES string of the molecule is CC.COc1cncc(O)c1C(=O)/C=C/c1ccc(C(F)(F)F)cc1. The minimum atomic E-state index is -4.41. The quantitative estimate of drug-likeness (QED) is 0.637. The lowest BCUT2D eigenvalue weighted by atomic mass is 10.1. The number of hydrogen-bond donors (Lipinski definition) is 1. The van der Waals surface area contributed by atoms with Gasteiger partial charge in [-0.3, -0.25) is 9.78 Å². The molecule has 1 N–H and O–H groups in total. The molecule has 0 spiro atoms. The zero-order chi connectivity index (χ0) is 19.0. The van der Waals surface area contributed by atoms with E-state index in [4.69, 9.17) is 4.74 Å². The van der Waals surface area contributed by atoms with Crippen molar-refractivity contribution >= 4 is 11.9 Å². The van der Waals surface area contributed by atoms with Crippen molar-refractivity contribution in [3.05, 3.63) is 59.4 Å². The zero-order valence-electron chi connectivity index (χ0n) is 14.0. The van der Waals surface area contributed by atoms with Crippen molar-refractivity contribution in [2.45, 2.75) is 20.0 Å². The van der Waals surface area contributed by atoms with Crippen LogP contribution in [-0.2, 0) is 6.18 Å². The summed E-state index contributed by atoms with van der Waals surface area (Å²) >= 11 is 0. The molecule has 7 heteroatoms. The highest BCUT2D eigenvalue weighted by molar-refractivity contribution is 6.10. The Bertz CT molecular complexity index is 738. The van der Waals surface area contributed by atoms with Crippen molar-refractivity contribution in [1.82, 2.24) is 4.98 Å². The van der Waals surface area contributed by atoms with Crippen LogP contribution in [0.25, 0.3) is 6.08 Å². The van der Waals surface area contributed by atoms with Crippen molar-refractivity contribution < 1.29 is 27.8 Å². The van der Waals surface area contributed by atoms with Gasteiger partial charge in [-0.25, -0.2) is 0 Å². The van der Waals surface area contributed by atoms with Crippen LogP contribution in [-0.4, -0.2) is 23.0 Å². The predicted molar refractivity (Wildman–Crippen MR) is 88.6 cm³/mol. The first-order chi connectivity index (χ1) is 11.8. The molecule has 1 aromatic heterocycles. The Morgan fingerprint density at radius 1 is 1.16 bits per heavy atom. The summed E-state index contributed by atoms with van der Waals surface area (Å²) in [5.41, 5.74) is -0.418. The van der Waals surface area contributed by atoms with Crippen LogP contribution in [0.5, 0.6) is 11.5 Å². The van der Waals surface area contributed by atoms with Crippen molar-refractivity contribution in [1.29, 1.82) is 0 Å². The first-order valence-electron chi connectivity index (χ1n) is 7.43. The molecule has 0 amide bonds. The predicted octanol–water partition coefficient (Wildman–Crippen LogP) is 4.74. The number of pyridine rings is 1. The van der Waals surface area contributed by atoms with Crippen LogP contribution in [0.2, 0.25) is 0 Å². The molecule has 134 valence electrons. The number of halogens is 3. The minimum absolute atomic E-state index is 0.0642. The normalized spacial score (nSPS) is 11.0. The van der Waals surface area contributed by atoms with Gasteiger partial charge >= 0.3 is 6.18 Å². The highest BCUT2D eigenvalue weighted by atomic mass is 19.4. The van der Waals surface area contributed by atoms with Gasteiger partial charge < -0.3 is 9.84 Å². The molecule has 0 saturated carbocycles. The molecular formula is C18H18F3NO3. The van der Waals surface area contributed by atoms with Gasteiger partial charge in [-0.2, -0.15) is 13.2 Å². The standard InChI is InChI=1S/C16H12F3NO3.C2H6/c1-23-14-9-20-8-13(22)15(14)12(21)7-4-10-2-5-11(6-3-10)16(17,18)19;1-2/h2-9,22H,1H3;1-2H3/b7-4+;. The summed E-state index contributed by atoms with van der Waals surface area (Å²) in [5, 5.41) is 9.69. The molecule has 1 heterocycles. The van der Waals surface area contributed by atoms with Gasteiger partial charge in [-0.15, -0.1) is 0 Å². The molecule has 0 aliphatic heterocycles. The van der Waals surface area contributed by atoms with Crippen LogP contribution in [0, 0.1) is 0 Å². The fourth-order valence-corrected chi connectivity index (χ4v) is 1.87. The van der Waals surface area contributed by atoms with E-state index in [9.17, 15) is 23.1 Å². The molecule has 0 aliphatic carbocycles. The Kier molecular flexibility index (Phi) is 7.17. The third-order valence-corrected chi connectivity index (χ3v) is 3.02. The summed E-state index contributed by atoms with van der Waals surface area (Å²) in [6, 6.07) is 4.34. The number of hydrogen-bond acceptors (Lipinski definition) is 4. The molecule has 0 saturated heterocycles. The third-order valence-electron chi connectivity index (χ3n) is 3.02. The maximum atomic E-state index is 12.5. The van der Waals surface area contributed by atoms with Gasteiger partial charge in [-0.1, -0.05) is 32.1 Å². The number of carbonyl (C=O) groups excluding carboxylic acids is 1. The summed E-state index contributed by atoms with van der Waals surface area (Å²) in [4.78, 5) is 15.8. The lowest BCUT2D eigenvalue weighted by molar-refractivity contribution is -0.137. The van der Waals surface area contributed by atoms with Crippen LogP contribution in [0.3, 0.4) is 0 Å². The van der Waals surface area contributed by atoms with Crippen molar-refractivity contribution in [3.63, 3.8) is 0 Å². The van der Waals surface area contributed by atoms with Gasteiger partial charge in [0.05, 0.1) is 25.1 Å². The first kappa shape index (κ1) is 20.2. The van der Waals surface area contributed by atoms with E-state index < -0.39 is 17.5 Å². The molecule has 0 bridgehead atoms. The third kappa shape index (κ3) is 5.34. The summed E-state index contributed by atoms with van der Waals surface area (Å²) < 4.78 is 42.3. The number of carbonyl (C=O) groups is 1. The lowest BCUT2D eigenvalue weighted by Gasteiger charge is -2.07. The molecule has 25 heavy (non-hydrogen) atoms. The maximum Gasteiger partial charge on any atom is 0.416 e. The van der Waals surface area contributed by atoms with Crippen molar-refractivity contribution in [2.75, 3.05) is 7.11 Å². The Labute approximate surface area is 143 Å². The number of aromatic nitrogens is 1. The largest absolute Gasteiger partial charge is 0.505 e. The second kappa shape index (κ2) is 8.86. The molecule has 4 nitrogen and oxygen atoms in total. The number of aromatic hydroxyl groups is 1. The molecule has 0 fully saturated rings. The molecular weight excluding hydrogens is 335 g/mol. The summed E-state index contributed by atoms with van der Waals surface area (Å²) in [5.74, 6) is -0.792. The van der Waals surface area contributed by atoms with Crippen LogP contribution in [0.15, 0.2) is 42.7 Å². The van der Waals surface area contributed by atoms with Gasteiger partial charge in [0.25, 0.3) is 0 Å². The second-order valence-corrected chi connectivity index (χ2v) is 4.55. The number of ether oxygens (including phenoxy) is 1. The molecule has 2 aromatic rings. The van der Waals surface area contributed by atoms with Crippen molar-refractivity contribution in [3.8, 4) is 11.5 Å². The number of nitrogens with zero attached hydrogens (tertiary/aromatic N) is 1. The highest BCUT2D eigenvalue weighted by Crippen LogP contribution is 2.29. The fourth-order valence-electron chi connectivity index (χ4n) is 1.87. The van der Waals surface area contributed by atoms with Gasteiger partial charge in [-0.05, 0) is 23.8 Å². The molecule has 2 rings (SSSR count). The zero-order valence-corrected chi connectivity index (χ0v) is 14.0. The van der Waals surface area contributed by atoms with E-state index in [1.165, 1.54) is 31.5 Å². The Hall–Kier alpha value is -2.83. The number of allylic oxidation sites excluding steroid dienone is 1.